The number of halogens is 3. The van der Waals surface area contributed by atoms with Crippen molar-refractivity contribution in [3.63, 3.8) is 0 Å². The first-order chi connectivity index (χ1) is 6.89. The average Bonchev–Trinajstić information content (AvgIpc) is 2.60. The first-order valence-corrected chi connectivity index (χ1v) is 4.96. The molecule has 1 fully saturated rings. The molecule has 2 N–H and O–H groups in total. The molecule has 0 aromatic heterocycles. The first kappa shape index (κ1) is 12.3. The van der Waals surface area contributed by atoms with E-state index < -0.39 is 24.2 Å². The van der Waals surface area contributed by atoms with Crippen molar-refractivity contribution in [3.8, 4) is 0 Å². The van der Waals surface area contributed by atoms with Gasteiger partial charge in [-0.3, -0.25) is 4.79 Å². The van der Waals surface area contributed by atoms with Gasteiger partial charge in [-0.2, -0.15) is 13.2 Å². The molecular weight excluding hydrogens is 209 g/mol. The number of rotatable bonds is 2. The Morgan fingerprint density at radius 2 is 2.13 bits per heavy atom. The second kappa shape index (κ2) is 4.00. The summed E-state index contributed by atoms with van der Waals surface area (Å²) in [7, 11) is 0. The van der Waals surface area contributed by atoms with Crippen LogP contribution in [-0.4, -0.2) is 35.6 Å². The molecule has 1 aliphatic heterocycles. The second-order valence-electron chi connectivity index (χ2n) is 3.74. The van der Waals surface area contributed by atoms with Gasteiger partial charge in [0, 0.05) is 19.5 Å². The van der Waals surface area contributed by atoms with E-state index in [-0.39, 0.29) is 19.4 Å². The van der Waals surface area contributed by atoms with E-state index in [1.807, 2.05) is 0 Å². The fourth-order valence-electron chi connectivity index (χ4n) is 2.06. The van der Waals surface area contributed by atoms with E-state index in [4.69, 9.17) is 5.73 Å². The van der Waals surface area contributed by atoms with Crippen LogP contribution in [0.3, 0.4) is 0 Å². The van der Waals surface area contributed by atoms with Gasteiger partial charge in [-0.1, -0.05) is 6.92 Å². The van der Waals surface area contributed by atoms with Crippen LogP contribution in [0.25, 0.3) is 0 Å². The molecule has 88 valence electrons. The molecule has 0 spiro atoms. The Bertz CT molecular complexity index is 254. The molecule has 0 aromatic carbocycles. The van der Waals surface area contributed by atoms with E-state index in [0.717, 1.165) is 4.90 Å². The number of amides is 1. The maximum absolute atomic E-state index is 12.9. The summed E-state index contributed by atoms with van der Waals surface area (Å²) in [6.07, 6.45) is -4.08. The fourth-order valence-corrected chi connectivity index (χ4v) is 2.06. The third kappa shape index (κ3) is 1.82. The van der Waals surface area contributed by atoms with E-state index in [1.165, 1.54) is 0 Å². The smallest absolute Gasteiger partial charge is 0.328 e. The molecule has 1 aliphatic rings. The van der Waals surface area contributed by atoms with Crippen molar-refractivity contribution in [2.24, 2.45) is 5.73 Å². The highest BCUT2D eigenvalue weighted by Gasteiger charge is 2.60. The largest absolute Gasteiger partial charge is 0.412 e. The van der Waals surface area contributed by atoms with Crippen molar-refractivity contribution in [3.05, 3.63) is 0 Å². The zero-order valence-corrected chi connectivity index (χ0v) is 8.60. The molecule has 0 aromatic rings. The first-order valence-electron chi connectivity index (χ1n) is 4.96. The van der Waals surface area contributed by atoms with Crippen molar-refractivity contribution in [2.45, 2.75) is 37.9 Å². The van der Waals surface area contributed by atoms with Gasteiger partial charge in [-0.25, -0.2) is 0 Å². The van der Waals surface area contributed by atoms with Crippen LogP contribution in [0.1, 0.15) is 26.2 Å². The molecule has 0 radical (unpaired) electrons. The van der Waals surface area contributed by atoms with Crippen LogP contribution in [0.4, 0.5) is 13.2 Å². The van der Waals surface area contributed by atoms with Crippen molar-refractivity contribution in [1.82, 2.24) is 4.90 Å². The van der Waals surface area contributed by atoms with Gasteiger partial charge in [0.15, 0.2) is 5.54 Å². The number of nitrogens with two attached hydrogens (primary N) is 1. The van der Waals surface area contributed by atoms with Crippen LogP contribution < -0.4 is 5.73 Å². The Morgan fingerprint density at radius 3 is 2.53 bits per heavy atom. The zero-order chi connectivity index (χ0) is 11.7. The van der Waals surface area contributed by atoms with Gasteiger partial charge in [0.1, 0.15) is 0 Å². The molecular formula is C9H15F3N2O. The average molecular weight is 224 g/mol. The number of nitrogens with zero attached hydrogens (tertiary/aromatic N) is 1. The summed E-state index contributed by atoms with van der Waals surface area (Å²) in [5.74, 6) is -0.477. The fraction of sp³-hybridized carbons (Fsp3) is 0.889. The number of alkyl halides is 3. The summed E-state index contributed by atoms with van der Waals surface area (Å²) >= 11 is 0. The Morgan fingerprint density at radius 1 is 1.53 bits per heavy atom. The number of carbonyl (C=O) groups is 1. The van der Waals surface area contributed by atoms with Gasteiger partial charge in [0.05, 0.1) is 0 Å². The summed E-state index contributed by atoms with van der Waals surface area (Å²) in [4.78, 5) is 12.3. The molecule has 1 amide bonds. The number of likely N-dealkylation sites (tertiary alicyclic amines) is 1. The van der Waals surface area contributed by atoms with Crippen LogP contribution >= 0.6 is 0 Å². The molecule has 0 saturated carbocycles. The Labute approximate surface area is 86.4 Å². The zero-order valence-electron chi connectivity index (χ0n) is 8.60. The predicted molar refractivity (Wildman–Crippen MR) is 49.1 cm³/mol. The number of hydrogen-bond donors (Lipinski definition) is 1. The lowest BCUT2D eigenvalue weighted by Crippen LogP contribution is -2.61. The molecule has 0 bridgehead atoms. The van der Waals surface area contributed by atoms with E-state index in [1.54, 1.807) is 6.92 Å². The van der Waals surface area contributed by atoms with Crippen LogP contribution in [0, 0.1) is 0 Å². The van der Waals surface area contributed by atoms with Crippen molar-refractivity contribution in [1.29, 1.82) is 0 Å². The van der Waals surface area contributed by atoms with Crippen molar-refractivity contribution < 1.29 is 18.0 Å². The van der Waals surface area contributed by atoms with Gasteiger partial charge in [-0.15, -0.1) is 0 Å². The Kier molecular flexibility index (Phi) is 3.28. The Balaban J connectivity index is 3.02. The van der Waals surface area contributed by atoms with Gasteiger partial charge in [0.25, 0.3) is 0 Å². The molecule has 15 heavy (non-hydrogen) atoms. The topological polar surface area (TPSA) is 46.3 Å². The summed E-state index contributed by atoms with van der Waals surface area (Å²) < 4.78 is 38.7. The summed E-state index contributed by atoms with van der Waals surface area (Å²) in [5, 5.41) is 0. The Hall–Kier alpha value is -0.780. The molecule has 6 heteroatoms. The van der Waals surface area contributed by atoms with Gasteiger partial charge >= 0.3 is 6.18 Å². The predicted octanol–water partition coefficient (Wildman–Crippen LogP) is 1.28. The molecule has 1 unspecified atom stereocenters. The summed E-state index contributed by atoms with van der Waals surface area (Å²) in [6.45, 7) is 1.16. The number of carbonyl (C=O) groups excluding carboxylic acids is 1. The normalized spacial score (nSPS) is 27.1. The molecule has 1 saturated heterocycles. The van der Waals surface area contributed by atoms with Crippen molar-refractivity contribution in [2.75, 3.05) is 13.1 Å². The van der Waals surface area contributed by atoms with Gasteiger partial charge in [0.2, 0.25) is 5.91 Å². The van der Waals surface area contributed by atoms with Crippen LogP contribution in [0.2, 0.25) is 0 Å². The monoisotopic (exact) mass is 224 g/mol. The summed E-state index contributed by atoms with van der Waals surface area (Å²) in [5.41, 5.74) is 3.10. The highest BCUT2D eigenvalue weighted by atomic mass is 19.4. The van der Waals surface area contributed by atoms with E-state index in [0.29, 0.717) is 6.42 Å². The van der Waals surface area contributed by atoms with Gasteiger partial charge in [-0.05, 0) is 12.8 Å². The maximum Gasteiger partial charge on any atom is 0.412 e. The standard InChI is InChI=1S/C9H15F3N2O/c1-2-7(15)14-5-3-4-8(14,6-13)9(10,11)12/h2-6,13H2,1H3. The lowest BCUT2D eigenvalue weighted by Gasteiger charge is -2.38. The molecule has 1 heterocycles. The van der Waals surface area contributed by atoms with Gasteiger partial charge < -0.3 is 10.6 Å². The second-order valence-corrected chi connectivity index (χ2v) is 3.74. The highest BCUT2D eigenvalue weighted by molar-refractivity contribution is 5.77. The third-order valence-electron chi connectivity index (χ3n) is 2.96. The van der Waals surface area contributed by atoms with Crippen molar-refractivity contribution >= 4 is 5.91 Å². The van der Waals surface area contributed by atoms with E-state index in [9.17, 15) is 18.0 Å². The minimum Gasteiger partial charge on any atom is -0.328 e. The lowest BCUT2D eigenvalue weighted by atomic mass is 9.95. The maximum atomic E-state index is 12.9. The van der Waals surface area contributed by atoms with E-state index in [2.05, 4.69) is 0 Å². The molecule has 1 rings (SSSR count). The highest BCUT2D eigenvalue weighted by Crippen LogP contribution is 2.42. The van der Waals surface area contributed by atoms with Crippen LogP contribution in [0.5, 0.6) is 0 Å². The molecule has 3 nitrogen and oxygen atoms in total. The third-order valence-corrected chi connectivity index (χ3v) is 2.96. The van der Waals surface area contributed by atoms with E-state index >= 15 is 0 Å². The van der Waals surface area contributed by atoms with Crippen LogP contribution in [-0.2, 0) is 4.79 Å². The number of hydrogen-bond acceptors (Lipinski definition) is 2. The van der Waals surface area contributed by atoms with Crippen LogP contribution in [0.15, 0.2) is 0 Å². The summed E-state index contributed by atoms with van der Waals surface area (Å²) in [6, 6.07) is 0. The molecule has 0 aliphatic carbocycles. The minimum atomic E-state index is -4.44. The minimum absolute atomic E-state index is 0.0812. The lowest BCUT2D eigenvalue weighted by molar-refractivity contribution is -0.220. The SMILES string of the molecule is CCC(=O)N1CCCC1(CN)C(F)(F)F. The quantitative estimate of drug-likeness (QED) is 0.768. The molecule has 1 atom stereocenters.